The zero-order valence-electron chi connectivity index (χ0n) is 8.95. The monoisotopic (exact) mass is 551 g/mol. The molecule has 102 valence electrons. The summed E-state index contributed by atoms with van der Waals surface area (Å²) in [6.45, 7) is 0. The number of sulfonamides is 1. The van der Waals surface area contributed by atoms with E-state index in [0.29, 0.717) is 14.6 Å². The van der Waals surface area contributed by atoms with Gasteiger partial charge in [-0.2, -0.15) is 0 Å². The molecule has 2 aromatic rings. The quantitative estimate of drug-likeness (QED) is 0.537. The van der Waals surface area contributed by atoms with Crippen LogP contribution in [-0.4, -0.2) is 8.42 Å². The van der Waals surface area contributed by atoms with E-state index >= 15 is 0 Å². The molecule has 0 atom stereocenters. The van der Waals surface area contributed by atoms with Crippen molar-refractivity contribution in [3.63, 3.8) is 0 Å². The Labute approximate surface area is 148 Å². The predicted molar refractivity (Wildman–Crippen MR) is 92.4 cm³/mol. The molecule has 1 N–H and O–H groups in total. The van der Waals surface area contributed by atoms with Crippen molar-refractivity contribution in [3.05, 3.63) is 41.5 Å². The Hall–Kier alpha value is 0.590. The van der Waals surface area contributed by atoms with Crippen LogP contribution in [-0.2, 0) is 10.0 Å². The van der Waals surface area contributed by atoms with Crippen LogP contribution >= 0.6 is 75.1 Å². The van der Waals surface area contributed by atoms with E-state index in [2.05, 4.69) is 68.4 Å². The molecule has 0 fully saturated rings. The lowest BCUT2D eigenvalue weighted by atomic mass is 10.3. The first-order chi connectivity index (χ1) is 8.79. The molecule has 0 saturated carbocycles. The van der Waals surface area contributed by atoms with Crippen LogP contribution < -0.4 is 4.72 Å². The van der Waals surface area contributed by atoms with Gasteiger partial charge >= 0.3 is 0 Å². The van der Waals surface area contributed by atoms with Gasteiger partial charge in [0.25, 0.3) is 10.0 Å². The van der Waals surface area contributed by atoms with E-state index < -0.39 is 10.0 Å². The number of rotatable bonds is 3. The van der Waals surface area contributed by atoms with Gasteiger partial charge in [-0.3, -0.25) is 4.72 Å². The maximum Gasteiger partial charge on any atom is 0.271 e. The zero-order chi connectivity index (χ0) is 14.2. The zero-order valence-corrected chi connectivity index (χ0v) is 16.9. The summed E-state index contributed by atoms with van der Waals surface area (Å²) in [6, 6.07) is 6.79. The van der Waals surface area contributed by atoms with Gasteiger partial charge in [0, 0.05) is 13.4 Å². The molecule has 0 aliphatic carbocycles. The van der Waals surface area contributed by atoms with Crippen LogP contribution in [0.15, 0.2) is 45.7 Å². The van der Waals surface area contributed by atoms with Gasteiger partial charge in [0.2, 0.25) is 0 Å². The second-order valence-corrected chi connectivity index (χ2v) is 10.4. The van der Waals surface area contributed by atoms with Crippen LogP contribution in [0.2, 0.25) is 0 Å². The van der Waals surface area contributed by atoms with Gasteiger partial charge in [0.05, 0.1) is 9.47 Å². The molecule has 0 spiro atoms. The molecule has 0 aliphatic rings. The summed E-state index contributed by atoms with van der Waals surface area (Å²) in [4.78, 5) is 0. The molecule has 1 aromatic heterocycles. The molecular weight excluding hydrogens is 550 g/mol. The van der Waals surface area contributed by atoms with Crippen LogP contribution in [0.3, 0.4) is 0 Å². The summed E-state index contributed by atoms with van der Waals surface area (Å²) in [5, 5.41) is 0. The third kappa shape index (κ3) is 3.82. The highest BCUT2D eigenvalue weighted by Crippen LogP contribution is 2.36. The van der Waals surface area contributed by atoms with Crippen molar-refractivity contribution < 1.29 is 8.42 Å². The largest absolute Gasteiger partial charge is 0.277 e. The van der Waals surface area contributed by atoms with Gasteiger partial charge < -0.3 is 0 Å². The van der Waals surface area contributed by atoms with Crippen LogP contribution in [0.5, 0.6) is 0 Å². The van der Waals surface area contributed by atoms with E-state index in [1.165, 1.54) is 0 Å². The minimum absolute atomic E-state index is 0.251. The number of hydrogen-bond donors (Lipinski definition) is 1. The maximum atomic E-state index is 12.2. The van der Waals surface area contributed by atoms with Gasteiger partial charge in [-0.25, -0.2) is 8.42 Å². The molecule has 3 nitrogen and oxygen atoms in total. The summed E-state index contributed by atoms with van der Waals surface area (Å²) in [5.41, 5.74) is 0.465. The topological polar surface area (TPSA) is 46.2 Å². The minimum Gasteiger partial charge on any atom is -0.277 e. The van der Waals surface area contributed by atoms with Crippen molar-refractivity contribution in [2.75, 3.05) is 4.72 Å². The Morgan fingerprint density at radius 2 is 1.58 bits per heavy atom. The number of thiophene rings is 1. The van der Waals surface area contributed by atoms with Gasteiger partial charge in [-0.1, -0.05) is 15.9 Å². The van der Waals surface area contributed by atoms with Crippen LogP contribution in [0.25, 0.3) is 0 Å². The maximum absolute atomic E-state index is 12.2. The molecule has 9 heteroatoms. The van der Waals surface area contributed by atoms with Gasteiger partial charge in [0.15, 0.2) is 0 Å². The average molecular weight is 555 g/mol. The molecule has 1 heterocycles. The number of hydrogen-bond acceptors (Lipinski definition) is 3. The lowest BCUT2D eigenvalue weighted by Crippen LogP contribution is -2.12. The normalized spacial score (nSPS) is 11.6. The van der Waals surface area contributed by atoms with E-state index in [0.717, 1.165) is 19.6 Å². The van der Waals surface area contributed by atoms with E-state index in [9.17, 15) is 8.42 Å². The Kier molecular flexibility index (Phi) is 5.17. The highest BCUT2D eigenvalue weighted by Gasteiger charge is 2.19. The highest BCUT2D eigenvalue weighted by molar-refractivity contribution is 9.12. The Morgan fingerprint density at radius 3 is 2.05 bits per heavy atom. The van der Waals surface area contributed by atoms with Crippen molar-refractivity contribution in [1.82, 2.24) is 0 Å². The van der Waals surface area contributed by atoms with E-state index in [1.54, 1.807) is 24.3 Å². The molecule has 0 radical (unpaired) electrons. The summed E-state index contributed by atoms with van der Waals surface area (Å²) in [6.07, 6.45) is 0. The summed E-state index contributed by atoms with van der Waals surface area (Å²) >= 11 is 14.4. The molecule has 0 amide bonds. The molecule has 0 aliphatic heterocycles. The Bertz CT molecular complexity index is 704. The fourth-order valence-electron chi connectivity index (χ4n) is 1.27. The third-order valence-corrected chi connectivity index (χ3v) is 7.23. The SMILES string of the molecule is O=S(=O)(Nc1c(Br)cc(Br)cc1Br)c1ccc(Br)s1. The first kappa shape index (κ1) is 16.0. The lowest BCUT2D eigenvalue weighted by molar-refractivity contribution is 0.603. The molecule has 0 unspecified atom stereocenters. The summed E-state index contributed by atoms with van der Waals surface area (Å²) in [7, 11) is -3.59. The van der Waals surface area contributed by atoms with Crippen molar-refractivity contribution in [3.8, 4) is 0 Å². The fraction of sp³-hybridized carbons (Fsp3) is 0. The Morgan fingerprint density at radius 1 is 1.00 bits per heavy atom. The van der Waals surface area contributed by atoms with Crippen molar-refractivity contribution in [1.29, 1.82) is 0 Å². The number of nitrogens with one attached hydrogen (secondary N) is 1. The standard InChI is InChI=1S/C10H5Br4NO2S2/c11-5-3-6(12)10(7(13)4-5)15-19(16,17)9-2-1-8(14)18-9/h1-4,15H. The van der Waals surface area contributed by atoms with Gasteiger partial charge in [-0.15, -0.1) is 11.3 Å². The van der Waals surface area contributed by atoms with E-state index in [1.807, 2.05) is 0 Å². The highest BCUT2D eigenvalue weighted by atomic mass is 79.9. The van der Waals surface area contributed by atoms with Gasteiger partial charge in [-0.05, 0) is 72.1 Å². The van der Waals surface area contributed by atoms with Crippen LogP contribution in [0.4, 0.5) is 5.69 Å². The van der Waals surface area contributed by atoms with Gasteiger partial charge in [0.1, 0.15) is 4.21 Å². The van der Waals surface area contributed by atoms with Crippen LogP contribution in [0, 0.1) is 0 Å². The number of benzene rings is 1. The molecule has 1 aromatic carbocycles. The van der Waals surface area contributed by atoms with Crippen molar-refractivity contribution in [2.45, 2.75) is 4.21 Å². The third-order valence-electron chi connectivity index (χ3n) is 2.06. The molecule has 0 saturated heterocycles. The first-order valence-electron chi connectivity index (χ1n) is 4.72. The van der Waals surface area contributed by atoms with E-state index in [4.69, 9.17) is 0 Å². The second-order valence-electron chi connectivity index (χ2n) is 3.41. The molecular formula is C10H5Br4NO2S2. The first-order valence-corrected chi connectivity index (χ1v) is 10.2. The second kappa shape index (κ2) is 6.15. The summed E-state index contributed by atoms with van der Waals surface area (Å²) < 4.78 is 30.2. The molecule has 19 heavy (non-hydrogen) atoms. The van der Waals surface area contributed by atoms with E-state index in [-0.39, 0.29) is 4.21 Å². The smallest absolute Gasteiger partial charge is 0.271 e. The van der Waals surface area contributed by atoms with Crippen molar-refractivity contribution >= 4 is 90.8 Å². The summed E-state index contributed by atoms with van der Waals surface area (Å²) in [5.74, 6) is 0. The van der Waals surface area contributed by atoms with Crippen molar-refractivity contribution in [2.24, 2.45) is 0 Å². The van der Waals surface area contributed by atoms with Crippen LogP contribution in [0.1, 0.15) is 0 Å². The average Bonchev–Trinajstić information content (AvgIpc) is 2.71. The number of halogens is 4. The predicted octanol–water partition coefficient (Wildman–Crippen LogP) is 5.60. The Balaban J connectivity index is 2.41. The lowest BCUT2D eigenvalue weighted by Gasteiger charge is -2.11. The fourth-order valence-corrected chi connectivity index (χ4v) is 7.10. The molecule has 0 bridgehead atoms. The minimum atomic E-state index is -3.59. The number of anilines is 1. The molecule has 2 rings (SSSR count).